The predicted molar refractivity (Wildman–Crippen MR) is 64.0 cm³/mol. The second-order valence-corrected chi connectivity index (χ2v) is 5.34. The number of aryl methyl sites for hydroxylation is 1. The van der Waals surface area contributed by atoms with Crippen molar-refractivity contribution in [2.24, 2.45) is 12.0 Å². The SMILES string of the molecule is Cn1ccnc1CN=C1NC(C)(C)CS1. The third-order valence-electron chi connectivity index (χ3n) is 2.30. The van der Waals surface area contributed by atoms with Crippen LogP contribution in [0.4, 0.5) is 0 Å². The lowest BCUT2D eigenvalue weighted by molar-refractivity contribution is 0.536. The number of hydrogen-bond donors (Lipinski definition) is 1. The fraction of sp³-hybridized carbons (Fsp3) is 0.600. The summed E-state index contributed by atoms with van der Waals surface area (Å²) < 4.78 is 1.99. The molecule has 15 heavy (non-hydrogen) atoms. The Morgan fingerprint density at radius 3 is 3.00 bits per heavy atom. The van der Waals surface area contributed by atoms with Crippen molar-refractivity contribution in [3.63, 3.8) is 0 Å². The van der Waals surface area contributed by atoms with Crippen LogP contribution in [0.15, 0.2) is 17.4 Å². The van der Waals surface area contributed by atoms with E-state index in [0.717, 1.165) is 16.7 Å². The Morgan fingerprint density at radius 1 is 1.67 bits per heavy atom. The highest BCUT2D eigenvalue weighted by Gasteiger charge is 2.27. The molecule has 1 aliphatic rings. The predicted octanol–water partition coefficient (Wildman–Crippen LogP) is 1.39. The zero-order valence-corrected chi connectivity index (χ0v) is 10.1. The third-order valence-corrected chi connectivity index (χ3v) is 3.67. The van der Waals surface area contributed by atoms with Crippen molar-refractivity contribution in [2.75, 3.05) is 5.75 Å². The van der Waals surface area contributed by atoms with Crippen LogP contribution in [0.25, 0.3) is 0 Å². The first-order valence-corrected chi connectivity index (χ1v) is 5.97. The van der Waals surface area contributed by atoms with E-state index in [4.69, 9.17) is 0 Å². The Bertz CT molecular complexity index is 381. The van der Waals surface area contributed by atoms with E-state index >= 15 is 0 Å². The highest BCUT2D eigenvalue weighted by atomic mass is 32.2. The molecule has 0 unspecified atom stereocenters. The molecule has 0 radical (unpaired) electrons. The number of rotatable bonds is 2. The smallest absolute Gasteiger partial charge is 0.157 e. The zero-order valence-electron chi connectivity index (χ0n) is 9.32. The summed E-state index contributed by atoms with van der Waals surface area (Å²) in [5.74, 6) is 2.07. The molecule has 1 fully saturated rings. The van der Waals surface area contributed by atoms with Crippen LogP contribution in [-0.2, 0) is 13.6 Å². The van der Waals surface area contributed by atoms with Gasteiger partial charge in [-0.05, 0) is 13.8 Å². The molecule has 1 N–H and O–H groups in total. The van der Waals surface area contributed by atoms with Gasteiger partial charge in [0, 0.05) is 30.7 Å². The maximum absolute atomic E-state index is 4.51. The molecule has 1 saturated heterocycles. The number of thioether (sulfide) groups is 1. The Kier molecular flexibility index (Phi) is 2.73. The molecule has 4 nitrogen and oxygen atoms in total. The highest BCUT2D eigenvalue weighted by molar-refractivity contribution is 8.14. The summed E-state index contributed by atoms with van der Waals surface area (Å²) in [6.07, 6.45) is 3.74. The molecular weight excluding hydrogens is 208 g/mol. The summed E-state index contributed by atoms with van der Waals surface area (Å²) in [7, 11) is 1.99. The minimum atomic E-state index is 0.172. The first-order chi connectivity index (χ1) is 7.07. The Labute approximate surface area is 94.2 Å². The lowest BCUT2D eigenvalue weighted by Gasteiger charge is -2.15. The molecule has 2 rings (SSSR count). The number of aliphatic imine (C=N–C) groups is 1. The molecule has 0 amide bonds. The van der Waals surface area contributed by atoms with Crippen LogP contribution in [-0.4, -0.2) is 26.0 Å². The molecule has 2 heterocycles. The second-order valence-electron chi connectivity index (χ2n) is 4.37. The molecule has 0 bridgehead atoms. The van der Waals surface area contributed by atoms with Gasteiger partial charge in [0.1, 0.15) is 5.82 Å². The van der Waals surface area contributed by atoms with Crippen LogP contribution in [0.5, 0.6) is 0 Å². The molecule has 82 valence electrons. The van der Waals surface area contributed by atoms with E-state index in [1.165, 1.54) is 0 Å². The van der Waals surface area contributed by atoms with Crippen LogP contribution in [0.1, 0.15) is 19.7 Å². The molecule has 1 aliphatic heterocycles. The van der Waals surface area contributed by atoms with E-state index in [-0.39, 0.29) is 5.54 Å². The van der Waals surface area contributed by atoms with Crippen molar-refractivity contribution in [1.82, 2.24) is 14.9 Å². The molecule has 0 atom stereocenters. The Hall–Kier alpha value is -0.970. The van der Waals surface area contributed by atoms with Gasteiger partial charge in [-0.1, -0.05) is 11.8 Å². The average molecular weight is 224 g/mol. The van der Waals surface area contributed by atoms with Crippen molar-refractivity contribution in [2.45, 2.75) is 25.9 Å². The van der Waals surface area contributed by atoms with Crippen molar-refractivity contribution in [3.8, 4) is 0 Å². The summed E-state index contributed by atoms with van der Waals surface area (Å²) in [5.41, 5.74) is 0.172. The van der Waals surface area contributed by atoms with Crippen molar-refractivity contribution < 1.29 is 0 Å². The van der Waals surface area contributed by atoms with E-state index in [0.29, 0.717) is 6.54 Å². The second kappa shape index (κ2) is 3.89. The summed E-state index contributed by atoms with van der Waals surface area (Å²) >= 11 is 1.78. The normalized spacial score (nSPS) is 21.9. The molecule has 5 heteroatoms. The molecule has 0 aliphatic carbocycles. The van der Waals surface area contributed by atoms with Gasteiger partial charge in [0.15, 0.2) is 5.17 Å². The van der Waals surface area contributed by atoms with Crippen LogP contribution in [0.3, 0.4) is 0 Å². The minimum absolute atomic E-state index is 0.172. The maximum atomic E-state index is 4.51. The lowest BCUT2D eigenvalue weighted by Crippen LogP contribution is -2.36. The molecule has 1 aromatic rings. The fourth-order valence-corrected chi connectivity index (χ4v) is 2.46. The zero-order chi connectivity index (χ0) is 10.9. The number of aromatic nitrogens is 2. The summed E-state index contributed by atoms with van der Waals surface area (Å²) in [6, 6.07) is 0. The largest absolute Gasteiger partial charge is 0.359 e. The molecule has 0 aromatic carbocycles. The van der Waals surface area contributed by atoms with Gasteiger partial charge in [-0.25, -0.2) is 4.98 Å². The highest BCUT2D eigenvalue weighted by Crippen LogP contribution is 2.22. The lowest BCUT2D eigenvalue weighted by atomic mass is 10.1. The van der Waals surface area contributed by atoms with Crippen LogP contribution < -0.4 is 5.32 Å². The minimum Gasteiger partial charge on any atom is -0.359 e. The quantitative estimate of drug-likeness (QED) is 0.825. The number of amidine groups is 1. The summed E-state index contributed by atoms with van der Waals surface area (Å²) in [6.45, 7) is 5.02. The summed E-state index contributed by atoms with van der Waals surface area (Å²) in [5, 5.41) is 4.42. The van der Waals surface area contributed by atoms with Crippen molar-refractivity contribution in [3.05, 3.63) is 18.2 Å². The number of hydrogen-bond acceptors (Lipinski definition) is 3. The Balaban J connectivity index is 1.99. The number of nitrogens with zero attached hydrogens (tertiary/aromatic N) is 3. The first-order valence-electron chi connectivity index (χ1n) is 4.98. The van der Waals surface area contributed by atoms with Crippen LogP contribution >= 0.6 is 11.8 Å². The average Bonchev–Trinajstić information content (AvgIpc) is 2.69. The van der Waals surface area contributed by atoms with Crippen LogP contribution in [0, 0.1) is 0 Å². The van der Waals surface area contributed by atoms with E-state index in [2.05, 4.69) is 29.1 Å². The number of imidazole rings is 1. The first kappa shape index (κ1) is 10.5. The van der Waals surface area contributed by atoms with Gasteiger partial charge < -0.3 is 9.88 Å². The maximum Gasteiger partial charge on any atom is 0.157 e. The van der Waals surface area contributed by atoms with E-state index in [9.17, 15) is 0 Å². The van der Waals surface area contributed by atoms with E-state index < -0.39 is 0 Å². The van der Waals surface area contributed by atoms with E-state index in [1.54, 1.807) is 18.0 Å². The topological polar surface area (TPSA) is 42.2 Å². The molecule has 0 saturated carbocycles. The van der Waals surface area contributed by atoms with Gasteiger partial charge in [-0.15, -0.1) is 0 Å². The molecular formula is C10H16N4S. The fourth-order valence-electron chi connectivity index (χ4n) is 1.39. The van der Waals surface area contributed by atoms with Gasteiger partial charge in [0.05, 0.1) is 6.54 Å². The monoisotopic (exact) mass is 224 g/mol. The van der Waals surface area contributed by atoms with Gasteiger partial charge in [-0.2, -0.15) is 0 Å². The van der Waals surface area contributed by atoms with Gasteiger partial charge in [-0.3, -0.25) is 4.99 Å². The molecule has 1 aromatic heterocycles. The van der Waals surface area contributed by atoms with Crippen molar-refractivity contribution >= 4 is 16.9 Å². The van der Waals surface area contributed by atoms with E-state index in [1.807, 2.05) is 17.8 Å². The summed E-state index contributed by atoms with van der Waals surface area (Å²) in [4.78, 5) is 8.74. The third kappa shape index (κ3) is 2.53. The molecule has 0 spiro atoms. The van der Waals surface area contributed by atoms with Gasteiger partial charge >= 0.3 is 0 Å². The Morgan fingerprint density at radius 2 is 2.47 bits per heavy atom. The van der Waals surface area contributed by atoms with Gasteiger partial charge in [0.25, 0.3) is 0 Å². The van der Waals surface area contributed by atoms with Gasteiger partial charge in [0.2, 0.25) is 0 Å². The van der Waals surface area contributed by atoms with Crippen molar-refractivity contribution in [1.29, 1.82) is 0 Å². The number of nitrogens with one attached hydrogen (secondary N) is 1. The standard InChI is InChI=1S/C10H16N4S/c1-10(2)7-15-9(13-10)12-6-8-11-4-5-14(8)3/h4-5H,6-7H2,1-3H3,(H,12,13). The van der Waals surface area contributed by atoms with Crippen LogP contribution in [0.2, 0.25) is 0 Å².